The van der Waals surface area contributed by atoms with Gasteiger partial charge < -0.3 is 15.8 Å². The molecule has 0 spiro atoms. The van der Waals surface area contributed by atoms with Crippen LogP contribution in [0.3, 0.4) is 0 Å². The van der Waals surface area contributed by atoms with Gasteiger partial charge in [0.05, 0.1) is 12.1 Å². The maximum absolute atomic E-state index is 13.4. The first kappa shape index (κ1) is 15.4. The minimum atomic E-state index is -0.578. The van der Waals surface area contributed by atoms with Crippen molar-refractivity contribution in [1.82, 2.24) is 5.32 Å². The van der Waals surface area contributed by atoms with Crippen molar-refractivity contribution < 1.29 is 13.9 Å². The molecular formula is C17H15FN2O2. The Morgan fingerprint density at radius 3 is 2.77 bits per heavy atom. The molecule has 0 heterocycles. The number of nitrogens with two attached hydrogens (primary N) is 1. The summed E-state index contributed by atoms with van der Waals surface area (Å²) in [6.07, 6.45) is -0.578. The fourth-order valence-electron chi connectivity index (χ4n) is 1.67. The van der Waals surface area contributed by atoms with E-state index < -0.39 is 11.9 Å². The molecule has 2 rings (SSSR count). The van der Waals surface area contributed by atoms with E-state index in [1.54, 1.807) is 0 Å². The molecule has 2 aromatic carbocycles. The van der Waals surface area contributed by atoms with Crippen molar-refractivity contribution in [2.75, 3.05) is 12.3 Å². The van der Waals surface area contributed by atoms with Crippen LogP contribution in [0.15, 0.2) is 48.5 Å². The molecule has 3 N–H and O–H groups in total. The largest absolute Gasteiger partial charge is 0.445 e. The van der Waals surface area contributed by atoms with Gasteiger partial charge in [0.1, 0.15) is 12.4 Å². The molecule has 0 saturated heterocycles. The summed E-state index contributed by atoms with van der Waals surface area (Å²) in [4.78, 5) is 11.5. The fraction of sp³-hybridized carbons (Fsp3) is 0.118. The van der Waals surface area contributed by atoms with Gasteiger partial charge in [0.2, 0.25) is 0 Å². The zero-order valence-electron chi connectivity index (χ0n) is 11.8. The lowest BCUT2D eigenvalue weighted by Crippen LogP contribution is -2.24. The quantitative estimate of drug-likeness (QED) is 0.676. The summed E-state index contributed by atoms with van der Waals surface area (Å²) in [5.74, 6) is 4.80. The van der Waals surface area contributed by atoms with Crippen molar-refractivity contribution in [3.05, 3.63) is 65.5 Å². The molecule has 0 fully saturated rings. The standard InChI is InChI=1S/C17H15FN2O2/c18-16-9-8-15(19)11-14(16)7-4-10-20-17(21)22-12-13-5-2-1-3-6-13/h1-3,5-6,8-9,11H,10,12,19H2,(H,20,21). The van der Waals surface area contributed by atoms with Crippen molar-refractivity contribution in [3.8, 4) is 11.8 Å². The second-order valence-electron chi connectivity index (χ2n) is 4.46. The molecule has 2 aromatic rings. The van der Waals surface area contributed by atoms with Crippen LogP contribution in [-0.4, -0.2) is 12.6 Å². The molecule has 0 aliphatic carbocycles. The molecule has 0 unspecified atom stereocenters. The number of nitrogens with one attached hydrogen (secondary N) is 1. The molecule has 5 heteroatoms. The van der Waals surface area contributed by atoms with E-state index in [-0.39, 0.29) is 18.7 Å². The molecule has 0 aromatic heterocycles. The maximum atomic E-state index is 13.4. The number of carbonyl (C=O) groups excluding carboxylic acids is 1. The van der Waals surface area contributed by atoms with Gasteiger partial charge in [-0.3, -0.25) is 0 Å². The second-order valence-corrected chi connectivity index (χ2v) is 4.46. The molecule has 0 bridgehead atoms. The Bertz CT molecular complexity index is 706. The normalized spacial score (nSPS) is 9.50. The van der Waals surface area contributed by atoms with Gasteiger partial charge >= 0.3 is 6.09 Å². The summed E-state index contributed by atoms with van der Waals surface area (Å²) in [5, 5.41) is 2.47. The van der Waals surface area contributed by atoms with E-state index in [0.717, 1.165) is 5.56 Å². The third kappa shape index (κ3) is 4.84. The van der Waals surface area contributed by atoms with Gasteiger partial charge in [-0.15, -0.1) is 0 Å². The van der Waals surface area contributed by atoms with Gasteiger partial charge in [0, 0.05) is 5.69 Å². The molecule has 0 saturated carbocycles. The Hall–Kier alpha value is -3.00. The van der Waals surface area contributed by atoms with Crippen LogP contribution >= 0.6 is 0 Å². The number of carbonyl (C=O) groups is 1. The van der Waals surface area contributed by atoms with Crippen molar-refractivity contribution in [2.24, 2.45) is 0 Å². The zero-order chi connectivity index (χ0) is 15.8. The molecule has 0 radical (unpaired) electrons. The third-order valence-electron chi connectivity index (χ3n) is 2.75. The monoisotopic (exact) mass is 298 g/mol. The van der Waals surface area contributed by atoms with Gasteiger partial charge in [-0.05, 0) is 23.8 Å². The Morgan fingerprint density at radius 2 is 2.00 bits per heavy atom. The predicted molar refractivity (Wildman–Crippen MR) is 82.3 cm³/mol. The van der Waals surface area contributed by atoms with Crippen LogP contribution in [0.4, 0.5) is 14.9 Å². The summed E-state index contributed by atoms with van der Waals surface area (Å²) in [6, 6.07) is 13.5. The van der Waals surface area contributed by atoms with E-state index in [9.17, 15) is 9.18 Å². The number of amides is 1. The average Bonchev–Trinajstić information content (AvgIpc) is 2.53. The van der Waals surface area contributed by atoms with Crippen LogP contribution in [0.1, 0.15) is 11.1 Å². The highest BCUT2D eigenvalue weighted by atomic mass is 19.1. The summed E-state index contributed by atoms with van der Waals surface area (Å²) < 4.78 is 18.4. The van der Waals surface area contributed by atoms with E-state index in [4.69, 9.17) is 10.5 Å². The van der Waals surface area contributed by atoms with Crippen molar-refractivity contribution in [2.45, 2.75) is 6.61 Å². The van der Waals surface area contributed by atoms with Gasteiger partial charge in [-0.25, -0.2) is 9.18 Å². The number of anilines is 1. The summed E-state index contributed by atoms with van der Waals surface area (Å²) in [6.45, 7) is 0.242. The highest BCUT2D eigenvalue weighted by molar-refractivity contribution is 5.67. The Kier molecular flexibility index (Phi) is 5.38. The number of hydrogen-bond acceptors (Lipinski definition) is 3. The predicted octanol–water partition coefficient (Wildman–Crippen LogP) is 2.69. The number of alkyl carbamates (subject to hydrolysis) is 1. The maximum Gasteiger partial charge on any atom is 0.408 e. The molecule has 1 amide bonds. The SMILES string of the molecule is Nc1ccc(F)c(C#CCNC(=O)OCc2ccccc2)c1. The van der Waals surface area contributed by atoms with Crippen LogP contribution < -0.4 is 11.1 Å². The highest BCUT2D eigenvalue weighted by Crippen LogP contribution is 2.10. The number of rotatable bonds is 3. The van der Waals surface area contributed by atoms with Crippen molar-refractivity contribution >= 4 is 11.8 Å². The third-order valence-corrected chi connectivity index (χ3v) is 2.75. The number of hydrogen-bond donors (Lipinski definition) is 2. The summed E-state index contributed by atoms with van der Waals surface area (Å²) >= 11 is 0. The van der Waals surface area contributed by atoms with Gasteiger partial charge in [-0.2, -0.15) is 0 Å². The Labute approximate surface area is 128 Å². The average molecular weight is 298 g/mol. The van der Waals surface area contributed by atoms with Gasteiger partial charge in [0.15, 0.2) is 0 Å². The van der Waals surface area contributed by atoms with E-state index in [1.807, 2.05) is 30.3 Å². The lowest BCUT2D eigenvalue weighted by molar-refractivity contribution is 0.141. The Balaban J connectivity index is 1.78. The Morgan fingerprint density at radius 1 is 1.23 bits per heavy atom. The molecule has 22 heavy (non-hydrogen) atoms. The van der Waals surface area contributed by atoms with Gasteiger partial charge in [-0.1, -0.05) is 42.2 Å². The van der Waals surface area contributed by atoms with Crippen LogP contribution in [0.25, 0.3) is 0 Å². The molecule has 0 aliphatic rings. The van der Waals surface area contributed by atoms with E-state index in [1.165, 1.54) is 18.2 Å². The lowest BCUT2D eigenvalue weighted by Gasteiger charge is -2.04. The van der Waals surface area contributed by atoms with Crippen molar-refractivity contribution in [3.63, 3.8) is 0 Å². The van der Waals surface area contributed by atoms with Crippen LogP contribution in [0, 0.1) is 17.7 Å². The summed E-state index contributed by atoms with van der Waals surface area (Å²) in [5.41, 5.74) is 7.07. The first-order chi connectivity index (χ1) is 10.6. The number of ether oxygens (including phenoxy) is 1. The van der Waals surface area contributed by atoms with Crippen molar-refractivity contribution in [1.29, 1.82) is 0 Å². The lowest BCUT2D eigenvalue weighted by atomic mass is 10.2. The van der Waals surface area contributed by atoms with E-state index in [2.05, 4.69) is 17.2 Å². The summed E-state index contributed by atoms with van der Waals surface area (Å²) in [7, 11) is 0. The second kappa shape index (κ2) is 7.70. The van der Waals surface area contributed by atoms with E-state index in [0.29, 0.717) is 5.69 Å². The molecule has 0 aliphatic heterocycles. The fourth-order valence-corrected chi connectivity index (χ4v) is 1.67. The molecular weight excluding hydrogens is 283 g/mol. The minimum absolute atomic E-state index is 0.0574. The first-order valence-electron chi connectivity index (χ1n) is 6.63. The van der Waals surface area contributed by atoms with Crippen LogP contribution in [-0.2, 0) is 11.3 Å². The highest BCUT2D eigenvalue weighted by Gasteiger charge is 2.01. The minimum Gasteiger partial charge on any atom is -0.445 e. The molecule has 112 valence electrons. The molecule has 0 atom stereocenters. The zero-order valence-corrected chi connectivity index (χ0v) is 11.8. The number of halogens is 1. The van der Waals surface area contributed by atoms with E-state index >= 15 is 0 Å². The van der Waals surface area contributed by atoms with Crippen LogP contribution in [0.2, 0.25) is 0 Å². The first-order valence-corrected chi connectivity index (χ1v) is 6.63. The number of benzene rings is 2. The number of nitrogen functional groups attached to an aromatic ring is 1. The smallest absolute Gasteiger partial charge is 0.408 e. The molecule has 4 nitrogen and oxygen atoms in total. The van der Waals surface area contributed by atoms with Crippen LogP contribution in [0.5, 0.6) is 0 Å². The topological polar surface area (TPSA) is 64.3 Å². The van der Waals surface area contributed by atoms with Gasteiger partial charge in [0.25, 0.3) is 0 Å².